The van der Waals surface area contributed by atoms with Crippen LogP contribution in [0.3, 0.4) is 0 Å². The molecule has 0 aliphatic heterocycles. The Bertz CT molecular complexity index is 1400. The van der Waals surface area contributed by atoms with Gasteiger partial charge in [-0.1, -0.05) is 78.4 Å². The summed E-state index contributed by atoms with van der Waals surface area (Å²) in [6.45, 7) is 2.59. The fourth-order valence-corrected chi connectivity index (χ4v) is 5.05. The van der Waals surface area contributed by atoms with Crippen LogP contribution in [0.1, 0.15) is 31.9 Å². The number of hydrogen-bond acceptors (Lipinski definition) is 3. The van der Waals surface area contributed by atoms with E-state index < -0.39 is 0 Å². The molecule has 0 radical (unpaired) electrons. The summed E-state index contributed by atoms with van der Waals surface area (Å²) in [6, 6.07) is 34.3. The highest BCUT2D eigenvalue weighted by molar-refractivity contribution is 7.21. The van der Waals surface area contributed by atoms with Crippen LogP contribution in [0.5, 0.6) is 5.75 Å². The van der Waals surface area contributed by atoms with Crippen molar-refractivity contribution in [2.45, 2.75) is 20.0 Å². The van der Waals surface area contributed by atoms with Crippen LogP contribution in [0.25, 0.3) is 10.1 Å². The molecular weight excluding hydrogens is 438 g/mol. The fourth-order valence-electron chi connectivity index (χ4n) is 3.93. The average Bonchev–Trinajstić information content (AvgIpc) is 3.24. The topological polar surface area (TPSA) is 38.3 Å². The van der Waals surface area contributed by atoms with E-state index in [1.807, 2.05) is 66.7 Å². The zero-order valence-corrected chi connectivity index (χ0v) is 19.8. The molecule has 0 unspecified atom stereocenters. The molecule has 3 nitrogen and oxygen atoms in total. The summed E-state index contributed by atoms with van der Waals surface area (Å²) in [4.78, 5) is 14.1. The summed E-state index contributed by atoms with van der Waals surface area (Å²) in [6.07, 6.45) is 0.722. The van der Waals surface area contributed by atoms with Crippen LogP contribution >= 0.6 is 11.3 Å². The molecule has 0 fully saturated rings. The maximum absolute atomic E-state index is 13.3. The molecule has 34 heavy (non-hydrogen) atoms. The van der Waals surface area contributed by atoms with Gasteiger partial charge >= 0.3 is 0 Å². The molecule has 1 heterocycles. The number of benzene rings is 4. The van der Waals surface area contributed by atoms with Crippen molar-refractivity contribution in [3.05, 3.63) is 130 Å². The van der Waals surface area contributed by atoms with E-state index in [9.17, 15) is 4.79 Å². The first kappa shape index (κ1) is 21.9. The van der Waals surface area contributed by atoms with Gasteiger partial charge in [-0.15, -0.1) is 11.3 Å². The highest BCUT2D eigenvalue weighted by Crippen LogP contribution is 2.33. The van der Waals surface area contributed by atoms with Gasteiger partial charge in [-0.3, -0.25) is 4.79 Å². The Morgan fingerprint density at radius 1 is 0.794 bits per heavy atom. The first-order valence-electron chi connectivity index (χ1n) is 11.3. The fraction of sp³-hybridized carbons (Fsp3) is 0.100. The highest BCUT2D eigenvalue weighted by Gasteiger charge is 2.19. The molecule has 168 valence electrons. The number of amides is 1. The van der Waals surface area contributed by atoms with Crippen LogP contribution in [0.2, 0.25) is 0 Å². The quantitative estimate of drug-likeness (QED) is 0.269. The van der Waals surface area contributed by atoms with E-state index in [1.54, 1.807) is 11.3 Å². The van der Waals surface area contributed by atoms with Gasteiger partial charge in [0.15, 0.2) is 0 Å². The number of carbonyl (C=O) groups is 1. The molecular formula is C30H25NO2S. The number of anilines is 1. The maximum atomic E-state index is 13.3. The molecule has 0 saturated carbocycles. The number of carbonyl (C=O) groups excluding carboxylic acids is 1. The lowest BCUT2D eigenvalue weighted by molar-refractivity contribution is 0.103. The third kappa shape index (κ3) is 5.03. The standard InChI is InChI=1S/C30H25NO2S/c1-21-11-13-22(14-12-21)19-27-26-9-5-6-10-28(26)34-29(27)30(32)31-24-15-17-25(18-16-24)33-20-23-7-3-2-4-8-23/h2-18H,19-20H2,1H3,(H,31,32). The Kier molecular flexibility index (Phi) is 6.41. The molecule has 0 spiro atoms. The number of nitrogens with one attached hydrogen (secondary N) is 1. The van der Waals surface area contributed by atoms with Gasteiger partial charge in [-0.25, -0.2) is 0 Å². The van der Waals surface area contributed by atoms with Crippen LogP contribution < -0.4 is 10.1 Å². The van der Waals surface area contributed by atoms with Crippen molar-refractivity contribution < 1.29 is 9.53 Å². The van der Waals surface area contributed by atoms with Crippen LogP contribution in [0.15, 0.2) is 103 Å². The summed E-state index contributed by atoms with van der Waals surface area (Å²) in [5.41, 5.74) is 5.36. The molecule has 1 amide bonds. The zero-order valence-electron chi connectivity index (χ0n) is 19.0. The van der Waals surface area contributed by atoms with Crippen LogP contribution in [-0.2, 0) is 13.0 Å². The van der Waals surface area contributed by atoms with Crippen molar-refractivity contribution in [3.8, 4) is 5.75 Å². The monoisotopic (exact) mass is 463 g/mol. The van der Waals surface area contributed by atoms with Gasteiger partial charge in [-0.05, 0) is 65.8 Å². The van der Waals surface area contributed by atoms with Gasteiger partial charge in [-0.2, -0.15) is 0 Å². The van der Waals surface area contributed by atoms with Gasteiger partial charge < -0.3 is 10.1 Å². The largest absolute Gasteiger partial charge is 0.489 e. The molecule has 4 aromatic carbocycles. The van der Waals surface area contributed by atoms with E-state index in [-0.39, 0.29) is 5.91 Å². The molecule has 1 N–H and O–H groups in total. The Morgan fingerprint density at radius 2 is 1.50 bits per heavy atom. The summed E-state index contributed by atoms with van der Waals surface area (Å²) in [7, 11) is 0. The number of fused-ring (bicyclic) bond motifs is 1. The minimum Gasteiger partial charge on any atom is -0.489 e. The Labute approximate surface area is 203 Å². The molecule has 5 aromatic rings. The van der Waals surface area contributed by atoms with Gasteiger partial charge in [0.1, 0.15) is 12.4 Å². The second kappa shape index (κ2) is 9.94. The number of rotatable bonds is 7. The van der Waals surface area contributed by atoms with E-state index in [0.717, 1.165) is 43.9 Å². The summed E-state index contributed by atoms with van der Waals surface area (Å²) in [5, 5.41) is 4.21. The summed E-state index contributed by atoms with van der Waals surface area (Å²) in [5.74, 6) is 0.685. The van der Waals surface area contributed by atoms with Gasteiger partial charge in [0.05, 0.1) is 4.88 Å². The van der Waals surface area contributed by atoms with Crippen LogP contribution in [-0.4, -0.2) is 5.91 Å². The predicted octanol–water partition coefficient (Wildman–Crippen LogP) is 7.63. The zero-order chi connectivity index (χ0) is 23.3. The lowest BCUT2D eigenvalue weighted by Gasteiger charge is -2.09. The van der Waals surface area contributed by atoms with E-state index in [0.29, 0.717) is 6.61 Å². The normalized spacial score (nSPS) is 10.9. The van der Waals surface area contributed by atoms with Crippen LogP contribution in [0, 0.1) is 6.92 Å². The molecule has 0 saturated heterocycles. The van der Waals surface area contributed by atoms with Crippen molar-refractivity contribution in [1.82, 2.24) is 0 Å². The second-order valence-electron chi connectivity index (χ2n) is 8.32. The maximum Gasteiger partial charge on any atom is 0.266 e. The third-order valence-electron chi connectivity index (χ3n) is 5.77. The lowest BCUT2D eigenvalue weighted by Crippen LogP contribution is -2.12. The minimum atomic E-state index is -0.0822. The molecule has 0 aliphatic carbocycles. The van der Waals surface area contributed by atoms with E-state index in [2.05, 4.69) is 48.6 Å². The van der Waals surface area contributed by atoms with Crippen molar-refractivity contribution >= 4 is 33.0 Å². The first-order valence-corrected chi connectivity index (χ1v) is 12.1. The Morgan fingerprint density at radius 3 is 2.26 bits per heavy atom. The van der Waals surface area contributed by atoms with E-state index >= 15 is 0 Å². The van der Waals surface area contributed by atoms with Gasteiger partial charge in [0.2, 0.25) is 0 Å². The van der Waals surface area contributed by atoms with Gasteiger partial charge in [0.25, 0.3) is 5.91 Å². The van der Waals surface area contributed by atoms with Crippen molar-refractivity contribution in [2.24, 2.45) is 0 Å². The summed E-state index contributed by atoms with van der Waals surface area (Å²) >= 11 is 1.55. The number of thiophene rings is 1. The molecule has 0 atom stereocenters. The lowest BCUT2D eigenvalue weighted by atomic mass is 10.0. The smallest absolute Gasteiger partial charge is 0.266 e. The Hall–Kier alpha value is -3.89. The Balaban J connectivity index is 1.33. The van der Waals surface area contributed by atoms with E-state index in [1.165, 1.54) is 11.1 Å². The average molecular weight is 464 g/mol. The number of ether oxygens (including phenoxy) is 1. The highest BCUT2D eigenvalue weighted by atomic mass is 32.1. The first-order chi connectivity index (χ1) is 16.7. The third-order valence-corrected chi connectivity index (χ3v) is 6.98. The summed E-state index contributed by atoms with van der Waals surface area (Å²) < 4.78 is 6.98. The number of hydrogen-bond donors (Lipinski definition) is 1. The van der Waals surface area contributed by atoms with E-state index in [4.69, 9.17) is 4.74 Å². The molecule has 0 aliphatic rings. The molecule has 4 heteroatoms. The van der Waals surface area contributed by atoms with Gasteiger partial charge in [0, 0.05) is 10.4 Å². The van der Waals surface area contributed by atoms with Crippen molar-refractivity contribution in [2.75, 3.05) is 5.32 Å². The van der Waals surface area contributed by atoms with Crippen molar-refractivity contribution in [1.29, 1.82) is 0 Å². The SMILES string of the molecule is Cc1ccc(Cc2c(C(=O)Nc3ccc(OCc4ccccc4)cc3)sc3ccccc23)cc1. The second-order valence-corrected chi connectivity index (χ2v) is 9.37. The predicted molar refractivity (Wildman–Crippen MR) is 141 cm³/mol. The molecule has 1 aromatic heterocycles. The molecule has 5 rings (SSSR count). The molecule has 0 bridgehead atoms. The number of aryl methyl sites for hydroxylation is 1. The minimum absolute atomic E-state index is 0.0822. The van der Waals surface area contributed by atoms with Crippen molar-refractivity contribution in [3.63, 3.8) is 0 Å². The van der Waals surface area contributed by atoms with Crippen LogP contribution in [0.4, 0.5) is 5.69 Å².